The third-order valence-electron chi connectivity index (χ3n) is 3.79. The molecule has 2 N–H and O–H groups in total. The van der Waals surface area contributed by atoms with Crippen molar-refractivity contribution in [2.24, 2.45) is 5.92 Å². The molecule has 1 aromatic heterocycles. The molecule has 110 valence electrons. The lowest BCUT2D eigenvalue weighted by atomic mass is 9.88. The van der Waals surface area contributed by atoms with Crippen LogP contribution in [0.5, 0.6) is 0 Å². The summed E-state index contributed by atoms with van der Waals surface area (Å²) in [6.07, 6.45) is 6.95. The van der Waals surface area contributed by atoms with Gasteiger partial charge < -0.3 is 15.0 Å². The van der Waals surface area contributed by atoms with Gasteiger partial charge >= 0.3 is 5.97 Å². The smallest absolute Gasteiger partial charge is 0.342 e. The van der Waals surface area contributed by atoms with Crippen LogP contribution in [-0.4, -0.2) is 23.5 Å². The summed E-state index contributed by atoms with van der Waals surface area (Å²) in [6, 6.07) is 0. The molecule has 5 heteroatoms. The van der Waals surface area contributed by atoms with Gasteiger partial charge in [0.15, 0.2) is 0 Å². The number of anilines is 1. The fourth-order valence-corrected chi connectivity index (χ4v) is 2.69. The average Bonchev–Trinajstić information content (AvgIpc) is 2.81. The lowest BCUT2D eigenvalue weighted by Gasteiger charge is -2.20. The zero-order chi connectivity index (χ0) is 14.5. The molecule has 1 amide bonds. The molecule has 5 nitrogen and oxygen atoms in total. The second-order valence-corrected chi connectivity index (χ2v) is 5.25. The number of carbonyl (C=O) groups excluding carboxylic acids is 2. The van der Waals surface area contributed by atoms with Crippen LogP contribution in [0.1, 0.15) is 55.1 Å². The standard InChI is InChI=1S/C15H22N2O3/c1-3-20-15(19)13-10(2)16-9-12(13)17-14(18)11-7-5-4-6-8-11/h9,11,16H,3-8H2,1-2H3,(H,17,18). The Bertz CT molecular complexity index is 487. The molecule has 0 saturated heterocycles. The summed E-state index contributed by atoms with van der Waals surface area (Å²) in [5.41, 5.74) is 1.66. The van der Waals surface area contributed by atoms with E-state index in [0.717, 1.165) is 25.7 Å². The van der Waals surface area contributed by atoms with Crippen LogP contribution >= 0.6 is 0 Å². The minimum Gasteiger partial charge on any atom is -0.462 e. The second-order valence-electron chi connectivity index (χ2n) is 5.25. The summed E-state index contributed by atoms with van der Waals surface area (Å²) >= 11 is 0. The molecule has 1 saturated carbocycles. The summed E-state index contributed by atoms with van der Waals surface area (Å²) in [5.74, 6) is -0.326. The van der Waals surface area contributed by atoms with Gasteiger partial charge in [0.1, 0.15) is 5.56 Å². The fourth-order valence-electron chi connectivity index (χ4n) is 2.69. The Hall–Kier alpha value is -1.78. The van der Waals surface area contributed by atoms with Gasteiger partial charge in [-0.1, -0.05) is 19.3 Å². The van der Waals surface area contributed by atoms with Crippen LogP contribution in [0.4, 0.5) is 5.69 Å². The molecule has 0 atom stereocenters. The molecule has 1 aliphatic rings. The highest BCUT2D eigenvalue weighted by atomic mass is 16.5. The van der Waals surface area contributed by atoms with E-state index in [9.17, 15) is 9.59 Å². The monoisotopic (exact) mass is 278 g/mol. The predicted octanol–water partition coefficient (Wildman–Crippen LogP) is 3.02. The van der Waals surface area contributed by atoms with E-state index in [1.54, 1.807) is 20.0 Å². The van der Waals surface area contributed by atoms with Gasteiger partial charge in [0, 0.05) is 17.8 Å². The highest BCUT2D eigenvalue weighted by Gasteiger charge is 2.24. The van der Waals surface area contributed by atoms with Crippen LogP contribution in [0, 0.1) is 12.8 Å². The topological polar surface area (TPSA) is 71.2 Å². The summed E-state index contributed by atoms with van der Waals surface area (Å²) in [7, 11) is 0. The second kappa shape index (κ2) is 6.59. The molecule has 20 heavy (non-hydrogen) atoms. The average molecular weight is 278 g/mol. The summed E-state index contributed by atoms with van der Waals surface area (Å²) in [4.78, 5) is 27.1. The van der Waals surface area contributed by atoms with Crippen molar-refractivity contribution in [1.29, 1.82) is 0 Å². The van der Waals surface area contributed by atoms with Gasteiger partial charge in [0.25, 0.3) is 0 Å². The van der Waals surface area contributed by atoms with E-state index in [2.05, 4.69) is 10.3 Å². The van der Waals surface area contributed by atoms with Crippen molar-refractivity contribution < 1.29 is 14.3 Å². The number of hydrogen-bond acceptors (Lipinski definition) is 3. The van der Waals surface area contributed by atoms with Crippen molar-refractivity contribution in [3.05, 3.63) is 17.5 Å². The van der Waals surface area contributed by atoms with Crippen LogP contribution < -0.4 is 5.32 Å². The molecule has 2 rings (SSSR count). The number of nitrogens with one attached hydrogen (secondary N) is 2. The highest BCUT2D eigenvalue weighted by Crippen LogP contribution is 2.26. The fraction of sp³-hybridized carbons (Fsp3) is 0.600. The first-order valence-corrected chi connectivity index (χ1v) is 7.29. The van der Waals surface area contributed by atoms with Crippen molar-refractivity contribution in [1.82, 2.24) is 4.98 Å². The number of carbonyl (C=O) groups is 2. The Labute approximate surface area is 119 Å². The number of esters is 1. The Morgan fingerprint density at radius 1 is 1.35 bits per heavy atom. The number of aryl methyl sites for hydroxylation is 1. The zero-order valence-corrected chi connectivity index (χ0v) is 12.1. The number of H-pyrrole nitrogens is 1. The van der Waals surface area contributed by atoms with Crippen molar-refractivity contribution in [2.75, 3.05) is 11.9 Å². The van der Waals surface area contributed by atoms with Gasteiger partial charge in [0.2, 0.25) is 5.91 Å². The summed E-state index contributed by atoms with van der Waals surface area (Å²) in [5, 5.41) is 2.87. The van der Waals surface area contributed by atoms with E-state index in [0.29, 0.717) is 23.6 Å². The van der Waals surface area contributed by atoms with E-state index in [1.165, 1.54) is 6.42 Å². The van der Waals surface area contributed by atoms with Crippen molar-refractivity contribution in [2.45, 2.75) is 46.0 Å². The van der Waals surface area contributed by atoms with Gasteiger partial charge in [-0.2, -0.15) is 0 Å². The highest BCUT2D eigenvalue weighted by molar-refractivity contribution is 6.02. The Morgan fingerprint density at radius 2 is 2.05 bits per heavy atom. The number of rotatable bonds is 4. The molecule has 0 bridgehead atoms. The quantitative estimate of drug-likeness (QED) is 0.832. The molecule has 0 aromatic carbocycles. The van der Waals surface area contributed by atoms with Crippen molar-refractivity contribution in [3.8, 4) is 0 Å². The van der Waals surface area contributed by atoms with Crippen molar-refractivity contribution >= 4 is 17.6 Å². The van der Waals surface area contributed by atoms with Gasteiger partial charge in [-0.3, -0.25) is 4.79 Å². The maximum absolute atomic E-state index is 12.2. The number of amides is 1. The minimum atomic E-state index is -0.398. The Kier molecular flexibility index (Phi) is 4.82. The molecule has 0 spiro atoms. The van der Waals surface area contributed by atoms with Gasteiger partial charge in [-0.05, 0) is 26.7 Å². The molecular weight excluding hydrogens is 256 g/mol. The first-order valence-electron chi connectivity index (χ1n) is 7.29. The van der Waals surface area contributed by atoms with Crippen LogP contribution in [0.15, 0.2) is 6.20 Å². The number of hydrogen-bond donors (Lipinski definition) is 2. The molecule has 1 aliphatic carbocycles. The third kappa shape index (κ3) is 3.21. The molecule has 0 unspecified atom stereocenters. The lowest BCUT2D eigenvalue weighted by molar-refractivity contribution is -0.120. The van der Waals surface area contributed by atoms with Crippen LogP contribution in [0.3, 0.4) is 0 Å². The number of aromatic nitrogens is 1. The van der Waals surface area contributed by atoms with E-state index < -0.39 is 5.97 Å². The maximum atomic E-state index is 12.2. The van der Waals surface area contributed by atoms with E-state index in [4.69, 9.17) is 4.74 Å². The minimum absolute atomic E-state index is 0.00856. The first-order chi connectivity index (χ1) is 9.63. The maximum Gasteiger partial charge on any atom is 0.342 e. The van der Waals surface area contributed by atoms with Gasteiger partial charge in [-0.15, -0.1) is 0 Å². The van der Waals surface area contributed by atoms with Crippen LogP contribution in [-0.2, 0) is 9.53 Å². The van der Waals surface area contributed by atoms with E-state index >= 15 is 0 Å². The molecule has 1 aromatic rings. The Balaban J connectivity index is 2.09. The van der Waals surface area contributed by atoms with E-state index in [1.807, 2.05) is 0 Å². The molecular formula is C15H22N2O3. The van der Waals surface area contributed by atoms with E-state index in [-0.39, 0.29) is 11.8 Å². The number of ether oxygens (including phenoxy) is 1. The molecule has 0 aliphatic heterocycles. The largest absolute Gasteiger partial charge is 0.462 e. The van der Waals surface area contributed by atoms with Crippen LogP contribution in [0.2, 0.25) is 0 Å². The lowest BCUT2D eigenvalue weighted by Crippen LogP contribution is -2.25. The van der Waals surface area contributed by atoms with Gasteiger partial charge in [-0.25, -0.2) is 4.79 Å². The van der Waals surface area contributed by atoms with Crippen molar-refractivity contribution in [3.63, 3.8) is 0 Å². The normalized spacial score (nSPS) is 15.9. The zero-order valence-electron chi connectivity index (χ0n) is 12.1. The predicted molar refractivity (Wildman–Crippen MR) is 76.7 cm³/mol. The number of aromatic amines is 1. The third-order valence-corrected chi connectivity index (χ3v) is 3.79. The molecule has 1 fully saturated rings. The summed E-state index contributed by atoms with van der Waals surface area (Å²) in [6.45, 7) is 3.88. The van der Waals surface area contributed by atoms with Gasteiger partial charge in [0.05, 0.1) is 12.3 Å². The Morgan fingerprint density at radius 3 is 2.70 bits per heavy atom. The SMILES string of the molecule is CCOC(=O)c1c(NC(=O)C2CCCCC2)c[nH]c1C. The van der Waals surface area contributed by atoms with Crippen LogP contribution in [0.25, 0.3) is 0 Å². The molecule has 0 radical (unpaired) electrons. The molecule has 1 heterocycles. The summed E-state index contributed by atoms with van der Waals surface area (Å²) < 4.78 is 5.02. The first kappa shape index (κ1) is 14.6.